The molecule has 2 atom stereocenters. The number of allylic oxidation sites excluding steroid dienone is 2. The molecule has 0 saturated heterocycles. The van der Waals surface area contributed by atoms with Gasteiger partial charge in [0.15, 0.2) is 5.78 Å². The van der Waals surface area contributed by atoms with E-state index in [1.807, 2.05) is 6.07 Å². The minimum Gasteiger partial charge on any atom is -0.497 e. The van der Waals surface area contributed by atoms with Crippen molar-refractivity contribution in [2.75, 3.05) is 14.2 Å². The summed E-state index contributed by atoms with van der Waals surface area (Å²) >= 11 is 0. The molecule has 2 aliphatic rings. The standard InChI is InChI=1S/C23H22FNO4/c1-28-16-7-8-21(29-2)17(11-16)18-12-22(27)25-19-9-14(10-20(26)23(18)19)13-3-5-15(24)6-4-13/h3-8,11,14,18H,9-10,12H2,1-2H3,(H,25,27)/t14-,18+/m0/s1. The van der Waals surface area contributed by atoms with Crippen LogP contribution in [0.15, 0.2) is 53.7 Å². The molecule has 0 saturated carbocycles. The summed E-state index contributed by atoms with van der Waals surface area (Å²) < 4.78 is 24.1. The van der Waals surface area contributed by atoms with Crippen LogP contribution in [0.5, 0.6) is 11.5 Å². The Morgan fingerprint density at radius 3 is 2.41 bits per heavy atom. The van der Waals surface area contributed by atoms with Gasteiger partial charge in [-0.15, -0.1) is 0 Å². The van der Waals surface area contributed by atoms with E-state index in [4.69, 9.17) is 9.47 Å². The van der Waals surface area contributed by atoms with E-state index in [1.165, 1.54) is 12.1 Å². The normalized spacial score (nSPS) is 21.5. The molecule has 1 amide bonds. The minimum absolute atomic E-state index is 0.00421. The number of hydrogen-bond donors (Lipinski definition) is 1. The minimum atomic E-state index is -0.384. The maximum atomic E-state index is 13.3. The van der Waals surface area contributed by atoms with Crippen molar-refractivity contribution in [1.29, 1.82) is 0 Å². The first-order valence-electron chi connectivity index (χ1n) is 9.53. The third kappa shape index (κ3) is 3.62. The van der Waals surface area contributed by atoms with Crippen molar-refractivity contribution in [2.45, 2.75) is 31.1 Å². The molecule has 1 N–H and O–H groups in total. The molecule has 6 heteroatoms. The Morgan fingerprint density at radius 2 is 1.72 bits per heavy atom. The Kier molecular flexibility index (Phi) is 5.09. The van der Waals surface area contributed by atoms with E-state index >= 15 is 0 Å². The van der Waals surface area contributed by atoms with Crippen LogP contribution in [0, 0.1) is 5.82 Å². The number of methoxy groups -OCH3 is 2. The van der Waals surface area contributed by atoms with Crippen molar-refractivity contribution >= 4 is 11.7 Å². The van der Waals surface area contributed by atoms with Gasteiger partial charge in [-0.2, -0.15) is 0 Å². The number of hydrogen-bond acceptors (Lipinski definition) is 4. The average Bonchev–Trinajstić information content (AvgIpc) is 2.72. The van der Waals surface area contributed by atoms with Gasteiger partial charge >= 0.3 is 0 Å². The number of nitrogens with one attached hydrogen (secondary N) is 1. The van der Waals surface area contributed by atoms with Crippen LogP contribution < -0.4 is 14.8 Å². The first-order valence-corrected chi connectivity index (χ1v) is 9.53. The van der Waals surface area contributed by atoms with Crippen LogP contribution in [0.25, 0.3) is 0 Å². The van der Waals surface area contributed by atoms with Crippen molar-refractivity contribution in [1.82, 2.24) is 5.32 Å². The highest BCUT2D eigenvalue weighted by Gasteiger charge is 2.39. The van der Waals surface area contributed by atoms with Gasteiger partial charge in [-0.25, -0.2) is 4.39 Å². The maximum Gasteiger partial charge on any atom is 0.225 e. The summed E-state index contributed by atoms with van der Waals surface area (Å²) in [6, 6.07) is 11.6. The van der Waals surface area contributed by atoms with E-state index in [2.05, 4.69) is 5.32 Å². The number of halogens is 1. The zero-order chi connectivity index (χ0) is 20.5. The van der Waals surface area contributed by atoms with E-state index in [0.717, 1.165) is 11.1 Å². The molecule has 0 unspecified atom stereocenters. The molecule has 1 heterocycles. The fourth-order valence-corrected chi connectivity index (χ4v) is 4.31. The van der Waals surface area contributed by atoms with E-state index in [0.29, 0.717) is 35.6 Å². The quantitative estimate of drug-likeness (QED) is 0.854. The summed E-state index contributed by atoms with van der Waals surface area (Å²) in [6.07, 6.45) is 1.03. The van der Waals surface area contributed by atoms with Gasteiger partial charge < -0.3 is 14.8 Å². The number of ether oxygens (including phenoxy) is 2. The highest BCUT2D eigenvalue weighted by atomic mass is 19.1. The zero-order valence-corrected chi connectivity index (χ0v) is 16.3. The molecule has 0 fully saturated rings. The topological polar surface area (TPSA) is 64.6 Å². The number of ketones is 1. The van der Waals surface area contributed by atoms with Crippen LogP contribution in [0.1, 0.15) is 42.2 Å². The smallest absolute Gasteiger partial charge is 0.225 e. The summed E-state index contributed by atoms with van der Waals surface area (Å²) in [6.45, 7) is 0. The number of carbonyl (C=O) groups excluding carboxylic acids is 2. The van der Waals surface area contributed by atoms with Gasteiger partial charge in [0.2, 0.25) is 5.91 Å². The summed E-state index contributed by atoms with van der Waals surface area (Å²) in [4.78, 5) is 25.6. The summed E-state index contributed by atoms with van der Waals surface area (Å²) in [5.41, 5.74) is 2.95. The van der Waals surface area contributed by atoms with Crippen LogP contribution in [0.4, 0.5) is 4.39 Å². The SMILES string of the molecule is COc1ccc(OC)c([C@H]2CC(=O)NC3=C2C(=O)C[C@@H](c2ccc(F)cc2)C3)c1. The van der Waals surface area contributed by atoms with Crippen molar-refractivity contribution in [3.8, 4) is 11.5 Å². The molecule has 150 valence electrons. The van der Waals surface area contributed by atoms with E-state index in [9.17, 15) is 14.0 Å². The third-order valence-electron chi connectivity index (χ3n) is 5.69. The molecule has 0 bridgehead atoms. The van der Waals surface area contributed by atoms with E-state index < -0.39 is 0 Å². The molecule has 1 aliphatic carbocycles. The van der Waals surface area contributed by atoms with Crippen molar-refractivity contribution in [3.05, 3.63) is 70.7 Å². The van der Waals surface area contributed by atoms with Gasteiger partial charge in [-0.3, -0.25) is 9.59 Å². The first kappa shape index (κ1) is 19.2. The maximum absolute atomic E-state index is 13.3. The Morgan fingerprint density at radius 1 is 0.966 bits per heavy atom. The molecule has 0 aromatic heterocycles. The van der Waals surface area contributed by atoms with Gasteiger partial charge in [0.1, 0.15) is 17.3 Å². The monoisotopic (exact) mass is 395 g/mol. The second-order valence-electron chi connectivity index (χ2n) is 7.38. The Labute approximate surface area is 168 Å². The van der Waals surface area contributed by atoms with E-state index in [1.54, 1.807) is 38.5 Å². The number of Topliss-reactive ketones (excluding diaryl/α,β-unsaturated/α-hetero) is 1. The number of carbonyl (C=O) groups is 2. The van der Waals surface area contributed by atoms with Crippen molar-refractivity contribution in [3.63, 3.8) is 0 Å². The predicted molar refractivity (Wildman–Crippen MR) is 105 cm³/mol. The second-order valence-corrected chi connectivity index (χ2v) is 7.38. The van der Waals surface area contributed by atoms with Crippen molar-refractivity contribution < 1.29 is 23.5 Å². The molecular weight excluding hydrogens is 373 g/mol. The molecule has 2 aromatic rings. The van der Waals surface area contributed by atoms with E-state index in [-0.39, 0.29) is 35.8 Å². The lowest BCUT2D eigenvalue weighted by Crippen LogP contribution is -2.38. The lowest BCUT2D eigenvalue weighted by molar-refractivity contribution is -0.122. The molecule has 0 radical (unpaired) electrons. The predicted octanol–water partition coefficient (Wildman–Crippen LogP) is 3.85. The number of rotatable bonds is 4. The van der Waals surface area contributed by atoms with Crippen molar-refractivity contribution in [2.24, 2.45) is 0 Å². The fraction of sp³-hybridized carbons (Fsp3) is 0.304. The molecule has 4 rings (SSSR count). The first-order chi connectivity index (χ1) is 14.0. The lowest BCUT2D eigenvalue weighted by Gasteiger charge is -2.35. The van der Waals surface area contributed by atoms with Crippen LogP contribution in [-0.4, -0.2) is 25.9 Å². The molecule has 0 spiro atoms. The number of amides is 1. The Hall–Kier alpha value is -3.15. The van der Waals surface area contributed by atoms with Crippen LogP contribution in [0.2, 0.25) is 0 Å². The molecule has 1 aliphatic heterocycles. The van der Waals surface area contributed by atoms with Gasteiger partial charge in [-0.05, 0) is 48.2 Å². The zero-order valence-electron chi connectivity index (χ0n) is 16.3. The van der Waals surface area contributed by atoms with Crippen LogP contribution in [0.3, 0.4) is 0 Å². The Balaban J connectivity index is 1.75. The fourth-order valence-electron chi connectivity index (χ4n) is 4.31. The molecular formula is C23H22FNO4. The largest absolute Gasteiger partial charge is 0.497 e. The lowest BCUT2D eigenvalue weighted by atomic mass is 9.73. The second kappa shape index (κ2) is 7.70. The highest BCUT2D eigenvalue weighted by molar-refractivity contribution is 6.02. The Bertz CT molecular complexity index is 996. The molecule has 29 heavy (non-hydrogen) atoms. The number of benzene rings is 2. The average molecular weight is 395 g/mol. The third-order valence-corrected chi connectivity index (χ3v) is 5.69. The molecule has 2 aromatic carbocycles. The van der Waals surface area contributed by atoms with Crippen LogP contribution in [-0.2, 0) is 9.59 Å². The molecule has 5 nitrogen and oxygen atoms in total. The summed E-state index contributed by atoms with van der Waals surface area (Å²) in [5.74, 6) is 0.333. The highest BCUT2D eigenvalue weighted by Crippen LogP contribution is 2.45. The summed E-state index contributed by atoms with van der Waals surface area (Å²) in [5, 5.41) is 2.90. The van der Waals surface area contributed by atoms with Gasteiger partial charge in [0.05, 0.1) is 14.2 Å². The van der Waals surface area contributed by atoms with Gasteiger partial charge in [-0.1, -0.05) is 12.1 Å². The summed E-state index contributed by atoms with van der Waals surface area (Å²) in [7, 11) is 3.14. The van der Waals surface area contributed by atoms with Crippen LogP contribution >= 0.6 is 0 Å². The van der Waals surface area contributed by atoms with Gasteiger partial charge in [0.25, 0.3) is 0 Å². The van der Waals surface area contributed by atoms with Gasteiger partial charge in [0, 0.05) is 35.6 Å².